The van der Waals surface area contributed by atoms with Gasteiger partial charge in [-0.25, -0.2) is 9.59 Å². The first kappa shape index (κ1) is 17.4. The first-order chi connectivity index (χ1) is 11.1. The molecule has 0 saturated heterocycles. The van der Waals surface area contributed by atoms with Gasteiger partial charge in [0.15, 0.2) is 0 Å². The first-order valence-corrected chi connectivity index (χ1v) is 9.98. The second kappa shape index (κ2) is 6.24. The van der Waals surface area contributed by atoms with E-state index in [4.69, 9.17) is 15.9 Å². The minimum absolute atomic E-state index is 0.0365. The van der Waals surface area contributed by atoms with Gasteiger partial charge in [0, 0.05) is 17.4 Å². The van der Waals surface area contributed by atoms with Crippen LogP contribution in [0.25, 0.3) is 0 Å². The number of carbonyl (C=O) groups is 2. The van der Waals surface area contributed by atoms with Crippen molar-refractivity contribution in [3.05, 3.63) is 47.5 Å². The number of benzene rings is 2. The molecule has 2 aromatic rings. The molecule has 0 aromatic heterocycles. The SMILES string of the molecule is C[Si](C)(Oc1cc(N)ccc1C(=O)O)c1cc(N)ccc1C(=O)O. The number of carboxylic acids is 2. The zero-order valence-corrected chi connectivity index (χ0v) is 14.2. The lowest BCUT2D eigenvalue weighted by Crippen LogP contribution is -2.50. The number of hydrogen-bond acceptors (Lipinski definition) is 5. The summed E-state index contributed by atoms with van der Waals surface area (Å²) in [4.78, 5) is 22.8. The van der Waals surface area contributed by atoms with E-state index in [1.807, 2.05) is 0 Å². The lowest BCUT2D eigenvalue weighted by Gasteiger charge is -2.27. The van der Waals surface area contributed by atoms with Crippen LogP contribution in [0.1, 0.15) is 20.7 Å². The van der Waals surface area contributed by atoms with Crippen LogP contribution >= 0.6 is 0 Å². The summed E-state index contributed by atoms with van der Waals surface area (Å²) < 4.78 is 5.97. The Morgan fingerprint density at radius 2 is 1.42 bits per heavy atom. The molecule has 0 unspecified atom stereocenters. The average molecular weight is 346 g/mol. The van der Waals surface area contributed by atoms with E-state index in [2.05, 4.69) is 0 Å². The molecule has 0 aliphatic carbocycles. The maximum atomic E-state index is 11.5. The van der Waals surface area contributed by atoms with Gasteiger partial charge >= 0.3 is 11.9 Å². The molecule has 0 heterocycles. The van der Waals surface area contributed by atoms with Gasteiger partial charge in [0.2, 0.25) is 0 Å². The van der Waals surface area contributed by atoms with E-state index in [9.17, 15) is 19.8 Å². The third-order valence-corrected chi connectivity index (χ3v) is 5.97. The highest BCUT2D eigenvalue weighted by Crippen LogP contribution is 2.25. The largest absolute Gasteiger partial charge is 0.539 e. The predicted molar refractivity (Wildman–Crippen MR) is 93.4 cm³/mol. The molecule has 0 fully saturated rings. The number of hydrogen-bond donors (Lipinski definition) is 4. The summed E-state index contributed by atoms with van der Waals surface area (Å²) in [5.74, 6) is -2.14. The molecule has 6 N–H and O–H groups in total. The van der Waals surface area contributed by atoms with Crippen molar-refractivity contribution in [1.29, 1.82) is 0 Å². The van der Waals surface area contributed by atoms with Crippen molar-refractivity contribution in [1.82, 2.24) is 0 Å². The van der Waals surface area contributed by atoms with Crippen LogP contribution in [0.5, 0.6) is 5.75 Å². The van der Waals surface area contributed by atoms with Crippen LogP contribution in [0.2, 0.25) is 13.1 Å². The standard InChI is InChI=1S/C16H18N2O5Si/c1-24(2,14-8-10(18)4-6-12(14)16(21)22)23-13-7-9(17)3-5-11(13)15(19)20/h3-8H,17-18H2,1-2H3,(H,19,20)(H,21,22). The molecule has 0 atom stereocenters. The van der Waals surface area contributed by atoms with Crippen molar-refractivity contribution in [3.8, 4) is 5.75 Å². The fourth-order valence-corrected chi connectivity index (χ4v) is 4.56. The van der Waals surface area contributed by atoms with Gasteiger partial charge in [-0.1, -0.05) is 0 Å². The Labute approximate surface area is 139 Å². The second-order valence-electron chi connectivity index (χ2n) is 5.78. The molecular formula is C16H18N2O5Si. The zero-order chi connectivity index (χ0) is 18.1. The van der Waals surface area contributed by atoms with Crippen LogP contribution in [0, 0.1) is 0 Å². The molecule has 0 amide bonds. The highest BCUT2D eigenvalue weighted by molar-refractivity contribution is 6.86. The molecule has 0 saturated carbocycles. The molecule has 7 nitrogen and oxygen atoms in total. The number of rotatable bonds is 5. The van der Waals surface area contributed by atoms with E-state index in [1.54, 1.807) is 19.2 Å². The molecule has 2 aromatic carbocycles. The Hall–Kier alpha value is -3.00. The number of carboxylic acid groups (broad SMARTS) is 2. The molecule has 0 bridgehead atoms. The highest BCUT2D eigenvalue weighted by Gasteiger charge is 2.33. The molecule has 2 rings (SSSR count). The Morgan fingerprint density at radius 1 is 0.917 bits per heavy atom. The number of anilines is 2. The molecule has 8 heteroatoms. The van der Waals surface area contributed by atoms with Crippen LogP contribution in [0.4, 0.5) is 11.4 Å². The van der Waals surface area contributed by atoms with Crippen molar-refractivity contribution < 1.29 is 24.2 Å². The smallest absolute Gasteiger partial charge is 0.339 e. The van der Waals surface area contributed by atoms with E-state index >= 15 is 0 Å². The van der Waals surface area contributed by atoms with Crippen LogP contribution in [-0.2, 0) is 0 Å². The summed E-state index contributed by atoms with van der Waals surface area (Å²) in [5.41, 5.74) is 12.3. The first-order valence-electron chi connectivity index (χ1n) is 7.07. The maximum absolute atomic E-state index is 11.5. The van der Waals surface area contributed by atoms with Gasteiger partial charge in [0.1, 0.15) is 11.3 Å². The maximum Gasteiger partial charge on any atom is 0.339 e. The minimum Gasteiger partial charge on any atom is -0.539 e. The molecule has 0 spiro atoms. The molecule has 24 heavy (non-hydrogen) atoms. The molecular weight excluding hydrogens is 328 g/mol. The Bertz CT molecular complexity index is 820. The van der Waals surface area contributed by atoms with E-state index in [0.717, 1.165) is 0 Å². The topological polar surface area (TPSA) is 136 Å². The van der Waals surface area contributed by atoms with Crippen molar-refractivity contribution in [3.63, 3.8) is 0 Å². The highest BCUT2D eigenvalue weighted by atomic mass is 28.4. The summed E-state index contributed by atoms with van der Waals surface area (Å²) in [5, 5.41) is 19.1. The Balaban J connectivity index is 2.54. The van der Waals surface area contributed by atoms with Crippen molar-refractivity contribution >= 4 is 36.8 Å². The van der Waals surface area contributed by atoms with Gasteiger partial charge in [-0.3, -0.25) is 0 Å². The number of nitrogens with two attached hydrogens (primary N) is 2. The fraction of sp³-hybridized carbons (Fsp3) is 0.125. The normalized spacial score (nSPS) is 11.1. The second-order valence-corrected chi connectivity index (χ2v) is 9.55. The Morgan fingerprint density at radius 3 is 1.96 bits per heavy atom. The van der Waals surface area contributed by atoms with E-state index in [-0.39, 0.29) is 16.9 Å². The van der Waals surface area contributed by atoms with Gasteiger partial charge in [-0.2, -0.15) is 0 Å². The molecule has 0 aliphatic rings. The summed E-state index contributed by atoms with van der Waals surface area (Å²) in [6.45, 7) is 3.53. The zero-order valence-electron chi connectivity index (χ0n) is 13.2. The molecule has 0 aliphatic heterocycles. The van der Waals surface area contributed by atoms with Crippen molar-refractivity contribution in [2.75, 3.05) is 11.5 Å². The minimum atomic E-state index is -2.84. The van der Waals surface area contributed by atoms with Crippen LogP contribution in [-0.4, -0.2) is 30.5 Å². The fourth-order valence-electron chi connectivity index (χ4n) is 2.38. The molecule has 0 radical (unpaired) electrons. The predicted octanol–water partition coefficient (Wildman–Crippen LogP) is 1.74. The lowest BCUT2D eigenvalue weighted by molar-refractivity contribution is 0.0684. The Kier molecular flexibility index (Phi) is 4.51. The quantitative estimate of drug-likeness (QED) is 0.478. The lowest BCUT2D eigenvalue weighted by atomic mass is 10.2. The number of aromatic carboxylic acids is 2. The van der Waals surface area contributed by atoms with E-state index < -0.39 is 20.3 Å². The van der Waals surface area contributed by atoms with Crippen LogP contribution < -0.4 is 21.1 Å². The van der Waals surface area contributed by atoms with E-state index in [0.29, 0.717) is 16.6 Å². The van der Waals surface area contributed by atoms with Gasteiger partial charge < -0.3 is 26.1 Å². The van der Waals surface area contributed by atoms with Crippen LogP contribution in [0.3, 0.4) is 0 Å². The van der Waals surface area contributed by atoms with Crippen molar-refractivity contribution in [2.45, 2.75) is 13.1 Å². The molecule has 126 valence electrons. The summed E-state index contributed by atoms with van der Waals surface area (Å²) in [6.07, 6.45) is 0. The summed E-state index contributed by atoms with van der Waals surface area (Å²) >= 11 is 0. The van der Waals surface area contributed by atoms with Crippen molar-refractivity contribution in [2.24, 2.45) is 0 Å². The third kappa shape index (κ3) is 3.49. The van der Waals surface area contributed by atoms with Gasteiger partial charge in [0.25, 0.3) is 8.32 Å². The third-order valence-electron chi connectivity index (χ3n) is 3.52. The summed E-state index contributed by atoms with van der Waals surface area (Å²) in [7, 11) is -2.84. The monoisotopic (exact) mass is 346 g/mol. The van der Waals surface area contributed by atoms with Gasteiger partial charge in [0.05, 0.1) is 5.56 Å². The van der Waals surface area contributed by atoms with Gasteiger partial charge in [-0.05, 0) is 48.6 Å². The van der Waals surface area contributed by atoms with Gasteiger partial charge in [-0.15, -0.1) is 0 Å². The summed E-state index contributed by atoms with van der Waals surface area (Å²) in [6, 6.07) is 8.72. The van der Waals surface area contributed by atoms with Crippen LogP contribution in [0.15, 0.2) is 36.4 Å². The van der Waals surface area contributed by atoms with E-state index in [1.165, 1.54) is 30.3 Å². The number of nitrogen functional groups attached to an aromatic ring is 2. The average Bonchev–Trinajstić information content (AvgIpc) is 2.46.